The Kier molecular flexibility index (Phi) is 8.88. The van der Waals surface area contributed by atoms with Crippen LogP contribution in [-0.4, -0.2) is 54.7 Å². The number of halogens is 7. The quantitative estimate of drug-likeness (QED) is 0.366. The molecule has 2 saturated heterocycles. The topological polar surface area (TPSA) is 54.0 Å². The fourth-order valence-corrected chi connectivity index (χ4v) is 4.79. The summed E-state index contributed by atoms with van der Waals surface area (Å²) in [4.78, 5) is 1.97. The Labute approximate surface area is 220 Å². The van der Waals surface area contributed by atoms with Crippen LogP contribution in [0.2, 0.25) is 0 Å². The van der Waals surface area contributed by atoms with Crippen molar-refractivity contribution >= 4 is 0 Å². The second-order valence-corrected chi connectivity index (χ2v) is 9.31. The summed E-state index contributed by atoms with van der Waals surface area (Å²) >= 11 is 0. The Hall–Kier alpha value is -2.69. The normalized spacial score (nSPS) is 23.9. The number of nitrogens with one attached hydrogen (secondary N) is 1. The summed E-state index contributed by atoms with van der Waals surface area (Å²) in [5, 5.41) is 13.4. The second kappa shape index (κ2) is 11.8. The zero-order valence-corrected chi connectivity index (χ0v) is 20.8. The Balaban J connectivity index is 1.73. The number of hydrogen-bond acceptors (Lipinski definition) is 5. The molecule has 12 heteroatoms. The van der Waals surface area contributed by atoms with Crippen LogP contribution in [-0.2, 0) is 21.8 Å². The van der Waals surface area contributed by atoms with Gasteiger partial charge in [-0.05, 0) is 61.3 Å². The molecular formula is C27H27F7N2O3. The van der Waals surface area contributed by atoms with Crippen molar-refractivity contribution in [2.45, 2.75) is 56.2 Å². The maximum atomic E-state index is 13.7. The first kappa shape index (κ1) is 29.3. The molecule has 2 aliphatic rings. The highest BCUT2D eigenvalue weighted by atomic mass is 19.4. The fourth-order valence-electron chi connectivity index (χ4n) is 4.79. The minimum atomic E-state index is -5.06. The summed E-state index contributed by atoms with van der Waals surface area (Å²) in [5.41, 5.74) is -3.01. The van der Waals surface area contributed by atoms with Crippen molar-refractivity contribution in [3.63, 3.8) is 0 Å². The molecule has 0 spiro atoms. The molecule has 0 radical (unpaired) electrons. The van der Waals surface area contributed by atoms with E-state index in [1.165, 1.54) is 24.3 Å². The van der Waals surface area contributed by atoms with E-state index >= 15 is 0 Å². The van der Waals surface area contributed by atoms with Crippen LogP contribution < -0.4 is 5.32 Å². The molecule has 0 bridgehead atoms. The number of hydrogen-bond donors (Lipinski definition) is 2. The summed E-state index contributed by atoms with van der Waals surface area (Å²) in [6, 6.07) is 5.44. The van der Waals surface area contributed by atoms with Gasteiger partial charge in [0, 0.05) is 12.6 Å². The van der Waals surface area contributed by atoms with Gasteiger partial charge in [0.15, 0.2) is 6.29 Å². The van der Waals surface area contributed by atoms with E-state index in [9.17, 15) is 35.8 Å². The van der Waals surface area contributed by atoms with Gasteiger partial charge in [-0.25, -0.2) is 4.39 Å². The summed E-state index contributed by atoms with van der Waals surface area (Å²) in [6.45, 7) is 2.05. The predicted octanol–water partition coefficient (Wildman–Crippen LogP) is 5.07. The lowest BCUT2D eigenvalue weighted by molar-refractivity contribution is -0.241. The number of nitrogens with zero attached hydrogens (tertiary/aromatic N) is 1. The van der Waals surface area contributed by atoms with Crippen LogP contribution in [0.5, 0.6) is 0 Å². The van der Waals surface area contributed by atoms with Gasteiger partial charge in [-0.3, -0.25) is 4.90 Å². The Bertz CT molecular complexity index is 1150. The van der Waals surface area contributed by atoms with Crippen molar-refractivity contribution in [3.05, 3.63) is 70.5 Å². The lowest BCUT2D eigenvalue weighted by atomic mass is 9.93. The molecule has 2 aromatic carbocycles. The summed E-state index contributed by atoms with van der Waals surface area (Å²) in [5.74, 6) is 5.57. The van der Waals surface area contributed by atoms with Crippen molar-refractivity contribution in [3.8, 4) is 11.8 Å². The molecule has 5 atom stereocenters. The number of morpholine rings is 1. The predicted molar refractivity (Wildman–Crippen MR) is 127 cm³/mol. The molecule has 5 nitrogen and oxygen atoms in total. The first-order valence-corrected chi connectivity index (χ1v) is 12.3. The van der Waals surface area contributed by atoms with Crippen LogP contribution in [0.3, 0.4) is 0 Å². The number of benzene rings is 2. The van der Waals surface area contributed by atoms with Gasteiger partial charge >= 0.3 is 12.4 Å². The lowest BCUT2D eigenvalue weighted by Gasteiger charge is -2.48. The highest BCUT2D eigenvalue weighted by Gasteiger charge is 2.43. The van der Waals surface area contributed by atoms with E-state index in [4.69, 9.17) is 9.47 Å². The summed E-state index contributed by atoms with van der Waals surface area (Å²) < 4.78 is 106. The standard InChI is InChI=1S/C27H27F7N2O3/c1-2-3-22(21-8-9-35-21)36-10-11-38-25(24(36)16-4-6-20(28)7-5-16)39-23(15-37)17-12-18(26(29,30)31)14-19(13-17)27(32,33)34/h4-7,12-14,21-25,35,37H,8-11,15H2,1H3/t21?,22?,23-,24?,25?/m0/s1. The molecule has 2 N–H and O–H groups in total. The van der Waals surface area contributed by atoms with Gasteiger partial charge in [-0.1, -0.05) is 18.1 Å². The second-order valence-electron chi connectivity index (χ2n) is 9.31. The highest BCUT2D eigenvalue weighted by Crippen LogP contribution is 2.40. The van der Waals surface area contributed by atoms with Crippen LogP contribution in [0, 0.1) is 17.7 Å². The maximum Gasteiger partial charge on any atom is 0.416 e. The molecule has 4 unspecified atom stereocenters. The number of rotatable bonds is 7. The minimum absolute atomic E-state index is 0.00518. The molecule has 2 fully saturated rings. The van der Waals surface area contributed by atoms with Gasteiger partial charge in [0.2, 0.25) is 0 Å². The maximum absolute atomic E-state index is 13.7. The highest BCUT2D eigenvalue weighted by molar-refractivity contribution is 5.35. The number of aliphatic hydroxyl groups is 1. The third-order valence-electron chi connectivity index (χ3n) is 6.80. The van der Waals surface area contributed by atoms with Gasteiger partial charge in [0.1, 0.15) is 11.9 Å². The molecule has 0 saturated carbocycles. The minimum Gasteiger partial charge on any atom is -0.393 e. The number of ether oxygens (including phenoxy) is 2. The van der Waals surface area contributed by atoms with E-state index < -0.39 is 59.9 Å². The SMILES string of the molecule is CC#CC(C1CCN1)N1CCOC(O[C@@H](CO)c2cc(C(F)(F)F)cc(C(F)(F)F)c2)C1c1ccc(F)cc1. The Morgan fingerprint density at radius 1 is 1.08 bits per heavy atom. The summed E-state index contributed by atoms with van der Waals surface area (Å²) in [7, 11) is 0. The third kappa shape index (κ3) is 6.73. The molecule has 39 heavy (non-hydrogen) atoms. The van der Waals surface area contributed by atoms with Gasteiger partial charge in [-0.15, -0.1) is 5.92 Å². The van der Waals surface area contributed by atoms with Gasteiger partial charge in [-0.2, -0.15) is 26.3 Å². The molecule has 0 amide bonds. The van der Waals surface area contributed by atoms with Crippen LogP contribution in [0.25, 0.3) is 0 Å². The van der Waals surface area contributed by atoms with Gasteiger partial charge in [0.25, 0.3) is 0 Å². The van der Waals surface area contributed by atoms with Crippen LogP contribution in [0.15, 0.2) is 42.5 Å². The van der Waals surface area contributed by atoms with E-state index in [-0.39, 0.29) is 24.8 Å². The monoisotopic (exact) mass is 560 g/mol. The van der Waals surface area contributed by atoms with E-state index in [1.807, 2.05) is 4.90 Å². The van der Waals surface area contributed by atoms with E-state index in [0.29, 0.717) is 24.2 Å². The van der Waals surface area contributed by atoms with Crippen molar-refractivity contribution < 1.29 is 45.3 Å². The average Bonchev–Trinajstić information content (AvgIpc) is 2.85. The number of alkyl halides is 6. The van der Waals surface area contributed by atoms with E-state index in [2.05, 4.69) is 17.2 Å². The van der Waals surface area contributed by atoms with Gasteiger partial charge in [0.05, 0.1) is 36.4 Å². The number of aliphatic hydroxyl groups excluding tert-OH is 1. The van der Waals surface area contributed by atoms with Gasteiger partial charge < -0.3 is 19.9 Å². The molecule has 2 aliphatic heterocycles. The molecule has 2 aromatic rings. The third-order valence-corrected chi connectivity index (χ3v) is 6.80. The molecular weight excluding hydrogens is 533 g/mol. The molecule has 0 aliphatic carbocycles. The zero-order valence-electron chi connectivity index (χ0n) is 20.8. The molecule has 2 heterocycles. The Morgan fingerprint density at radius 2 is 1.69 bits per heavy atom. The molecule has 4 rings (SSSR count). The first-order valence-electron chi connectivity index (χ1n) is 12.3. The zero-order chi connectivity index (χ0) is 28.4. The van der Waals surface area contributed by atoms with Crippen LogP contribution in [0.1, 0.15) is 47.7 Å². The Morgan fingerprint density at radius 3 is 2.18 bits per heavy atom. The van der Waals surface area contributed by atoms with Crippen LogP contribution >= 0.6 is 0 Å². The fraction of sp³-hybridized carbons (Fsp3) is 0.481. The average molecular weight is 561 g/mol. The van der Waals surface area contributed by atoms with Crippen molar-refractivity contribution in [1.29, 1.82) is 0 Å². The van der Waals surface area contributed by atoms with E-state index in [0.717, 1.165) is 13.0 Å². The summed E-state index contributed by atoms with van der Waals surface area (Å²) in [6.07, 6.45) is -12.1. The van der Waals surface area contributed by atoms with E-state index in [1.54, 1.807) is 6.92 Å². The van der Waals surface area contributed by atoms with Crippen molar-refractivity contribution in [1.82, 2.24) is 10.2 Å². The largest absolute Gasteiger partial charge is 0.416 e. The molecule has 0 aromatic heterocycles. The molecule has 212 valence electrons. The van der Waals surface area contributed by atoms with Crippen molar-refractivity contribution in [2.75, 3.05) is 26.3 Å². The van der Waals surface area contributed by atoms with Crippen LogP contribution in [0.4, 0.5) is 30.7 Å². The first-order chi connectivity index (χ1) is 18.4. The smallest absolute Gasteiger partial charge is 0.393 e. The van der Waals surface area contributed by atoms with Crippen molar-refractivity contribution in [2.24, 2.45) is 0 Å². The lowest BCUT2D eigenvalue weighted by Crippen LogP contribution is -2.61.